The smallest absolute Gasteiger partial charge is 0.253 e. The SMILES string of the molecule is O=C(NCC1CCCO1)c1cncc(N2CCC3(CC2)OCCO3)c1. The lowest BCUT2D eigenvalue weighted by Crippen LogP contribution is -2.45. The zero-order valence-electron chi connectivity index (χ0n) is 14.4. The fourth-order valence-electron chi connectivity index (χ4n) is 3.73. The second kappa shape index (κ2) is 7.27. The molecule has 0 radical (unpaired) electrons. The average molecular weight is 347 g/mol. The van der Waals surface area contributed by atoms with E-state index < -0.39 is 0 Å². The van der Waals surface area contributed by atoms with Crippen molar-refractivity contribution in [1.29, 1.82) is 0 Å². The van der Waals surface area contributed by atoms with Crippen molar-refractivity contribution in [1.82, 2.24) is 10.3 Å². The molecule has 7 heteroatoms. The lowest BCUT2D eigenvalue weighted by atomic mass is 10.0. The molecule has 1 spiro atoms. The lowest BCUT2D eigenvalue weighted by Gasteiger charge is -2.38. The van der Waals surface area contributed by atoms with Crippen molar-refractivity contribution in [2.75, 3.05) is 44.4 Å². The van der Waals surface area contributed by atoms with Gasteiger partial charge < -0.3 is 24.4 Å². The van der Waals surface area contributed by atoms with E-state index in [1.54, 1.807) is 6.20 Å². The van der Waals surface area contributed by atoms with E-state index in [1.807, 2.05) is 12.3 Å². The van der Waals surface area contributed by atoms with E-state index in [1.165, 1.54) is 0 Å². The van der Waals surface area contributed by atoms with E-state index in [9.17, 15) is 4.79 Å². The van der Waals surface area contributed by atoms with Gasteiger partial charge in [-0.1, -0.05) is 0 Å². The number of carbonyl (C=O) groups excluding carboxylic acids is 1. The molecule has 1 atom stereocenters. The van der Waals surface area contributed by atoms with Gasteiger partial charge in [-0.2, -0.15) is 0 Å². The molecule has 1 aromatic rings. The predicted octanol–water partition coefficient (Wildman–Crippen LogP) is 1.33. The largest absolute Gasteiger partial charge is 0.376 e. The molecule has 0 saturated carbocycles. The van der Waals surface area contributed by atoms with Crippen LogP contribution in [-0.4, -0.2) is 62.2 Å². The molecule has 0 bridgehead atoms. The Morgan fingerprint density at radius 3 is 2.76 bits per heavy atom. The van der Waals surface area contributed by atoms with Gasteiger partial charge in [-0.25, -0.2) is 0 Å². The second-order valence-electron chi connectivity index (χ2n) is 6.87. The summed E-state index contributed by atoms with van der Waals surface area (Å²) in [6.45, 7) is 4.39. The highest BCUT2D eigenvalue weighted by Crippen LogP contribution is 2.33. The van der Waals surface area contributed by atoms with E-state index in [2.05, 4.69) is 15.2 Å². The summed E-state index contributed by atoms with van der Waals surface area (Å²) in [5, 5.41) is 2.95. The Bertz CT molecular complexity index is 602. The molecule has 0 aromatic carbocycles. The topological polar surface area (TPSA) is 72.9 Å². The third kappa shape index (κ3) is 3.78. The Kier molecular flexibility index (Phi) is 4.87. The second-order valence-corrected chi connectivity index (χ2v) is 6.87. The van der Waals surface area contributed by atoms with Crippen molar-refractivity contribution in [2.24, 2.45) is 0 Å². The van der Waals surface area contributed by atoms with Gasteiger partial charge in [-0.3, -0.25) is 9.78 Å². The first-order valence-corrected chi connectivity index (χ1v) is 9.12. The number of pyridine rings is 1. The molecule has 1 unspecified atom stereocenters. The van der Waals surface area contributed by atoms with Gasteiger partial charge in [-0.15, -0.1) is 0 Å². The van der Waals surface area contributed by atoms with Gasteiger partial charge in [0.1, 0.15) is 0 Å². The summed E-state index contributed by atoms with van der Waals surface area (Å²) in [6, 6.07) is 1.91. The number of aromatic nitrogens is 1. The molecule has 4 rings (SSSR count). The Labute approximate surface area is 147 Å². The number of anilines is 1. The number of amides is 1. The van der Waals surface area contributed by atoms with Crippen LogP contribution in [0, 0.1) is 0 Å². The van der Waals surface area contributed by atoms with Crippen molar-refractivity contribution in [3.05, 3.63) is 24.0 Å². The normalized spacial score (nSPS) is 25.4. The molecule has 3 fully saturated rings. The molecule has 25 heavy (non-hydrogen) atoms. The summed E-state index contributed by atoms with van der Waals surface area (Å²) in [5.74, 6) is -0.485. The zero-order chi connectivity index (χ0) is 17.1. The molecular weight excluding hydrogens is 322 g/mol. The summed E-state index contributed by atoms with van der Waals surface area (Å²) < 4.78 is 17.1. The van der Waals surface area contributed by atoms with Gasteiger partial charge in [0.25, 0.3) is 5.91 Å². The van der Waals surface area contributed by atoms with Crippen molar-refractivity contribution in [3.63, 3.8) is 0 Å². The highest BCUT2D eigenvalue weighted by molar-refractivity contribution is 5.94. The van der Waals surface area contributed by atoms with Crippen molar-refractivity contribution >= 4 is 11.6 Å². The number of piperidine rings is 1. The van der Waals surface area contributed by atoms with Crippen molar-refractivity contribution < 1.29 is 19.0 Å². The Morgan fingerprint density at radius 2 is 2.04 bits per heavy atom. The highest BCUT2D eigenvalue weighted by Gasteiger charge is 2.39. The first kappa shape index (κ1) is 16.8. The molecule has 4 heterocycles. The van der Waals surface area contributed by atoms with Crippen LogP contribution >= 0.6 is 0 Å². The minimum atomic E-state index is -0.389. The maximum atomic E-state index is 12.4. The number of rotatable bonds is 4. The minimum Gasteiger partial charge on any atom is -0.376 e. The summed E-state index contributed by atoms with van der Waals surface area (Å²) in [7, 11) is 0. The molecule has 1 aromatic heterocycles. The first-order valence-electron chi connectivity index (χ1n) is 9.12. The minimum absolute atomic E-state index is 0.0965. The van der Waals surface area contributed by atoms with E-state index in [0.29, 0.717) is 25.3 Å². The maximum Gasteiger partial charge on any atom is 0.253 e. The third-order valence-electron chi connectivity index (χ3n) is 5.20. The summed E-state index contributed by atoms with van der Waals surface area (Å²) in [6.07, 6.45) is 7.32. The van der Waals surface area contributed by atoms with Crippen LogP contribution in [0.2, 0.25) is 0 Å². The molecule has 3 aliphatic heterocycles. The molecule has 7 nitrogen and oxygen atoms in total. The van der Waals surface area contributed by atoms with Gasteiger partial charge in [0.2, 0.25) is 0 Å². The summed E-state index contributed by atoms with van der Waals surface area (Å²) >= 11 is 0. The standard InChI is InChI=1S/C18H25N3O4/c22-17(20-13-16-2-1-7-23-16)14-10-15(12-19-11-14)21-5-3-18(4-6-21)24-8-9-25-18/h10-12,16H,1-9,13H2,(H,20,22). The summed E-state index contributed by atoms with van der Waals surface area (Å²) in [5.41, 5.74) is 1.56. The number of carbonyl (C=O) groups is 1. The van der Waals surface area contributed by atoms with Crippen LogP contribution in [0.25, 0.3) is 0 Å². The van der Waals surface area contributed by atoms with E-state index in [-0.39, 0.29) is 17.8 Å². The van der Waals surface area contributed by atoms with Gasteiger partial charge in [0.15, 0.2) is 5.79 Å². The number of nitrogens with one attached hydrogen (secondary N) is 1. The predicted molar refractivity (Wildman–Crippen MR) is 91.6 cm³/mol. The lowest BCUT2D eigenvalue weighted by molar-refractivity contribution is -0.169. The van der Waals surface area contributed by atoms with Gasteiger partial charge in [0, 0.05) is 45.3 Å². The average Bonchev–Trinajstić information content (AvgIpc) is 3.33. The van der Waals surface area contributed by atoms with E-state index in [4.69, 9.17) is 14.2 Å². The van der Waals surface area contributed by atoms with E-state index >= 15 is 0 Å². The number of hydrogen-bond donors (Lipinski definition) is 1. The molecule has 3 aliphatic rings. The van der Waals surface area contributed by atoms with Gasteiger partial charge in [0.05, 0.1) is 36.8 Å². The zero-order valence-corrected chi connectivity index (χ0v) is 14.4. The van der Waals surface area contributed by atoms with Gasteiger partial charge >= 0.3 is 0 Å². The van der Waals surface area contributed by atoms with Crippen LogP contribution in [-0.2, 0) is 14.2 Å². The number of ether oxygens (including phenoxy) is 3. The molecule has 0 aliphatic carbocycles. The molecule has 136 valence electrons. The van der Waals surface area contributed by atoms with Crippen LogP contribution in [0.15, 0.2) is 18.5 Å². The summed E-state index contributed by atoms with van der Waals surface area (Å²) in [4.78, 5) is 18.9. The quantitative estimate of drug-likeness (QED) is 0.886. The molecule has 1 amide bonds. The Hall–Kier alpha value is -1.70. The van der Waals surface area contributed by atoms with E-state index in [0.717, 1.165) is 51.1 Å². The fraction of sp³-hybridized carbons (Fsp3) is 0.667. The van der Waals surface area contributed by atoms with Crippen LogP contribution in [0.5, 0.6) is 0 Å². The van der Waals surface area contributed by atoms with Crippen LogP contribution < -0.4 is 10.2 Å². The molecule has 1 N–H and O–H groups in total. The van der Waals surface area contributed by atoms with Gasteiger partial charge in [-0.05, 0) is 18.9 Å². The van der Waals surface area contributed by atoms with Crippen molar-refractivity contribution in [2.45, 2.75) is 37.6 Å². The Morgan fingerprint density at radius 1 is 1.24 bits per heavy atom. The fourth-order valence-corrected chi connectivity index (χ4v) is 3.73. The van der Waals surface area contributed by atoms with Crippen LogP contribution in [0.1, 0.15) is 36.0 Å². The highest BCUT2D eigenvalue weighted by atomic mass is 16.7. The molecule has 3 saturated heterocycles. The number of nitrogens with zero attached hydrogens (tertiary/aromatic N) is 2. The number of hydrogen-bond acceptors (Lipinski definition) is 6. The van der Waals surface area contributed by atoms with Crippen LogP contribution in [0.4, 0.5) is 5.69 Å². The maximum absolute atomic E-state index is 12.4. The monoisotopic (exact) mass is 347 g/mol. The third-order valence-corrected chi connectivity index (χ3v) is 5.20. The Balaban J connectivity index is 1.35. The molecular formula is C18H25N3O4. The first-order chi connectivity index (χ1) is 12.2. The van der Waals surface area contributed by atoms with Crippen molar-refractivity contribution in [3.8, 4) is 0 Å². The van der Waals surface area contributed by atoms with Crippen LogP contribution in [0.3, 0.4) is 0 Å².